The summed E-state index contributed by atoms with van der Waals surface area (Å²) in [6.45, 7) is 16.5. The molecule has 9 atom stereocenters. The second-order valence-electron chi connectivity index (χ2n) is 15.7. The zero-order valence-corrected chi connectivity index (χ0v) is 32.3. The van der Waals surface area contributed by atoms with Gasteiger partial charge in [-0.2, -0.15) is 0 Å². The molecule has 3 N–H and O–H groups in total. The van der Waals surface area contributed by atoms with Crippen molar-refractivity contribution in [2.75, 3.05) is 20.6 Å². The van der Waals surface area contributed by atoms with E-state index >= 15 is 0 Å². The Morgan fingerprint density at radius 3 is 2.08 bits per heavy atom. The van der Waals surface area contributed by atoms with Crippen molar-refractivity contribution in [3.05, 3.63) is 0 Å². The summed E-state index contributed by atoms with van der Waals surface area (Å²) in [5, 5.41) is 24.0. The molecule has 13 heteroatoms. The molecule has 2 aliphatic heterocycles. The molecule has 0 spiro atoms. The van der Waals surface area contributed by atoms with Crippen molar-refractivity contribution < 1.29 is 39.0 Å². The van der Waals surface area contributed by atoms with Crippen LogP contribution in [-0.4, -0.2) is 128 Å². The van der Waals surface area contributed by atoms with Gasteiger partial charge in [-0.15, -0.1) is 0 Å². The molecule has 0 aromatic carbocycles. The van der Waals surface area contributed by atoms with E-state index in [1.54, 1.807) is 27.8 Å². The number of hydrogen-bond donors (Lipinski definition) is 3. The van der Waals surface area contributed by atoms with E-state index < -0.39 is 65.9 Å². The fourth-order valence-corrected chi connectivity index (χ4v) is 7.45. The van der Waals surface area contributed by atoms with Crippen molar-refractivity contribution in [1.82, 2.24) is 24.9 Å². The highest BCUT2D eigenvalue weighted by Gasteiger charge is 2.48. The Morgan fingerprint density at radius 1 is 0.960 bits per heavy atom. The fourth-order valence-electron chi connectivity index (χ4n) is 7.45. The van der Waals surface area contributed by atoms with Crippen LogP contribution in [0.4, 0.5) is 0 Å². The number of carbonyl (C=O) groups excluding carboxylic acids is 6. The van der Waals surface area contributed by atoms with Crippen molar-refractivity contribution in [3.8, 4) is 0 Å². The summed E-state index contributed by atoms with van der Waals surface area (Å²) in [4.78, 5) is 86.7. The lowest BCUT2D eigenvalue weighted by molar-refractivity contribution is -0.155. The standard InChI is InChI=1S/C37H65N5O8/c1-12-13-14-23(6)18-24(7)34(47)39(10)28(17-21(2)3)33(46)38-31(26(9)43)36(49)40(11)32(22(4)5)37(50)41-20-27(44)19-29(41)35(48)42-25(8)15-16-30(42)45/h21-29,31-32,43-44H,12-20H2,1-11H3,(H,38,46)/t23-,24-,25+,26-,27+,28+,29+,31+,32+/m1/s1. The second kappa shape index (κ2) is 19.0. The molecule has 2 saturated heterocycles. The topological polar surface area (TPSA) is 168 Å². The van der Waals surface area contributed by atoms with E-state index in [2.05, 4.69) is 19.2 Å². The molecule has 0 saturated carbocycles. The number of unbranched alkanes of at least 4 members (excludes halogenated alkanes) is 1. The van der Waals surface area contributed by atoms with Crippen LogP contribution >= 0.6 is 0 Å². The van der Waals surface area contributed by atoms with Gasteiger partial charge in [-0.05, 0) is 50.9 Å². The third-order valence-electron chi connectivity index (χ3n) is 10.3. The molecular formula is C37H65N5O8. The molecule has 0 radical (unpaired) electrons. The first kappa shape index (κ1) is 43.1. The lowest BCUT2D eigenvalue weighted by Gasteiger charge is -2.38. The Kier molecular flexibility index (Phi) is 16.4. The molecule has 286 valence electrons. The highest BCUT2D eigenvalue weighted by atomic mass is 16.3. The molecule has 6 amide bonds. The Hall–Kier alpha value is -3.06. The normalized spacial score (nSPS) is 23.0. The van der Waals surface area contributed by atoms with Crippen molar-refractivity contribution in [2.24, 2.45) is 23.7 Å². The number of amides is 6. The van der Waals surface area contributed by atoms with Gasteiger partial charge in [0.2, 0.25) is 29.5 Å². The molecule has 0 aromatic rings. The van der Waals surface area contributed by atoms with E-state index in [0.717, 1.165) is 19.3 Å². The first-order valence-corrected chi connectivity index (χ1v) is 18.6. The van der Waals surface area contributed by atoms with Crippen LogP contribution in [0.2, 0.25) is 0 Å². The maximum absolute atomic E-state index is 14.1. The number of likely N-dealkylation sites (N-methyl/N-ethyl adjacent to an activating group) is 2. The number of nitrogens with one attached hydrogen (secondary N) is 1. The Bertz CT molecular complexity index is 1210. The lowest BCUT2D eigenvalue weighted by Crippen LogP contribution is -2.62. The van der Waals surface area contributed by atoms with Crippen LogP contribution in [0.1, 0.15) is 114 Å². The predicted molar refractivity (Wildman–Crippen MR) is 190 cm³/mol. The van der Waals surface area contributed by atoms with Gasteiger partial charge in [-0.1, -0.05) is 67.7 Å². The van der Waals surface area contributed by atoms with E-state index in [1.807, 2.05) is 20.8 Å². The fraction of sp³-hybridized carbons (Fsp3) is 0.838. The van der Waals surface area contributed by atoms with Crippen LogP contribution in [0.25, 0.3) is 0 Å². The number of carbonyl (C=O) groups is 6. The Balaban J connectivity index is 2.30. The zero-order valence-electron chi connectivity index (χ0n) is 32.3. The maximum Gasteiger partial charge on any atom is 0.252 e. The summed E-state index contributed by atoms with van der Waals surface area (Å²) in [7, 11) is 3.00. The molecule has 2 aliphatic rings. The number of rotatable bonds is 17. The molecule has 2 heterocycles. The summed E-state index contributed by atoms with van der Waals surface area (Å²) in [5.41, 5.74) is 0. The van der Waals surface area contributed by atoms with Crippen molar-refractivity contribution in [1.29, 1.82) is 0 Å². The van der Waals surface area contributed by atoms with Crippen molar-refractivity contribution >= 4 is 35.4 Å². The van der Waals surface area contributed by atoms with Gasteiger partial charge in [-0.25, -0.2) is 0 Å². The van der Waals surface area contributed by atoms with Crippen molar-refractivity contribution in [3.63, 3.8) is 0 Å². The van der Waals surface area contributed by atoms with E-state index in [0.29, 0.717) is 25.2 Å². The highest BCUT2D eigenvalue weighted by Crippen LogP contribution is 2.28. The third kappa shape index (κ3) is 10.7. The van der Waals surface area contributed by atoms with E-state index in [4.69, 9.17) is 0 Å². The van der Waals surface area contributed by atoms with Crippen LogP contribution in [0.5, 0.6) is 0 Å². The summed E-state index contributed by atoms with van der Waals surface area (Å²) in [6, 6.07) is -4.83. The number of β-amino-alcohol motifs (C(OH)–C–C–N with tert-alkyl or cyclic N) is 1. The van der Waals surface area contributed by atoms with Gasteiger partial charge in [-0.3, -0.25) is 33.7 Å². The van der Waals surface area contributed by atoms with Crippen LogP contribution in [0.15, 0.2) is 0 Å². The second-order valence-corrected chi connectivity index (χ2v) is 15.7. The van der Waals surface area contributed by atoms with Gasteiger partial charge >= 0.3 is 0 Å². The lowest BCUT2D eigenvalue weighted by atomic mass is 9.91. The number of aliphatic hydroxyl groups is 2. The first-order valence-electron chi connectivity index (χ1n) is 18.6. The molecular weight excluding hydrogens is 642 g/mol. The van der Waals surface area contributed by atoms with Crippen LogP contribution in [-0.2, 0) is 28.8 Å². The van der Waals surface area contributed by atoms with E-state index in [1.165, 1.54) is 33.6 Å². The van der Waals surface area contributed by atoms with Gasteiger partial charge in [0.1, 0.15) is 24.2 Å². The maximum atomic E-state index is 14.1. The van der Waals surface area contributed by atoms with Gasteiger partial charge in [0.15, 0.2) is 0 Å². The Labute approximate surface area is 299 Å². The SMILES string of the molecule is CCCC[C@@H](C)C[C@@H](C)C(=O)N(C)[C@@H](CC(C)C)C(=O)N[C@H](C(=O)N(C)[C@H](C(=O)N1C[C@@H](O)C[C@H]1C(=O)N1C(=O)CC[C@@H]1C)C(C)C)[C@@H](C)O. The molecule has 0 bridgehead atoms. The minimum Gasteiger partial charge on any atom is -0.391 e. The monoisotopic (exact) mass is 707 g/mol. The van der Waals surface area contributed by atoms with E-state index in [-0.39, 0.29) is 49.1 Å². The average molecular weight is 708 g/mol. The quantitative estimate of drug-likeness (QED) is 0.194. The summed E-state index contributed by atoms with van der Waals surface area (Å²) >= 11 is 0. The minimum atomic E-state index is -1.43. The van der Waals surface area contributed by atoms with Gasteiger partial charge in [0, 0.05) is 45.4 Å². The van der Waals surface area contributed by atoms with Crippen LogP contribution < -0.4 is 5.32 Å². The number of hydrogen-bond acceptors (Lipinski definition) is 8. The zero-order chi connectivity index (χ0) is 38.2. The number of imide groups is 1. The largest absolute Gasteiger partial charge is 0.391 e. The molecule has 13 nitrogen and oxygen atoms in total. The summed E-state index contributed by atoms with van der Waals surface area (Å²) in [6.07, 6.45) is 2.59. The average Bonchev–Trinajstić information content (AvgIpc) is 3.60. The molecule has 2 fully saturated rings. The van der Waals surface area contributed by atoms with Crippen LogP contribution in [0.3, 0.4) is 0 Å². The Morgan fingerprint density at radius 2 is 1.58 bits per heavy atom. The first-order chi connectivity index (χ1) is 23.2. The van der Waals surface area contributed by atoms with Gasteiger partial charge < -0.3 is 30.2 Å². The predicted octanol–water partition coefficient (Wildman–Crippen LogP) is 2.56. The van der Waals surface area contributed by atoms with E-state index in [9.17, 15) is 39.0 Å². The van der Waals surface area contributed by atoms with Crippen LogP contribution in [0, 0.1) is 23.7 Å². The smallest absolute Gasteiger partial charge is 0.252 e. The third-order valence-corrected chi connectivity index (χ3v) is 10.3. The van der Waals surface area contributed by atoms with Crippen molar-refractivity contribution in [2.45, 2.75) is 156 Å². The van der Waals surface area contributed by atoms with Gasteiger partial charge in [0.05, 0.1) is 12.2 Å². The molecule has 0 aliphatic carbocycles. The highest BCUT2D eigenvalue weighted by molar-refractivity contribution is 6.02. The number of nitrogens with zero attached hydrogens (tertiary/aromatic N) is 4. The molecule has 0 aromatic heterocycles. The minimum absolute atomic E-state index is 0.0321. The molecule has 2 rings (SSSR count). The summed E-state index contributed by atoms with van der Waals surface area (Å²) < 4.78 is 0. The summed E-state index contributed by atoms with van der Waals surface area (Å²) in [5.74, 6) is -3.29. The number of likely N-dealkylation sites (tertiary alicyclic amines) is 2. The molecule has 0 unspecified atom stereocenters. The molecule has 50 heavy (non-hydrogen) atoms. The number of aliphatic hydroxyl groups excluding tert-OH is 2. The van der Waals surface area contributed by atoms with Gasteiger partial charge in [0.25, 0.3) is 5.91 Å².